The number of carbonyl (C=O) groups excluding carboxylic acids is 1. The zero-order valence-electron chi connectivity index (χ0n) is 11.5. The number of amides is 1. The minimum absolute atomic E-state index is 0.0418. The highest BCUT2D eigenvalue weighted by molar-refractivity contribution is 6.45. The number of carbonyl (C=O) groups is 1. The lowest BCUT2D eigenvalue weighted by molar-refractivity contribution is -0.114. The van der Waals surface area contributed by atoms with Gasteiger partial charge in [-0.05, 0) is 13.1 Å². The Morgan fingerprint density at radius 1 is 1.26 bits per heavy atom. The van der Waals surface area contributed by atoms with E-state index < -0.39 is 0 Å². The Hall–Kier alpha value is -1.88. The predicted octanol–water partition coefficient (Wildman–Crippen LogP) is 1.32. The van der Waals surface area contributed by atoms with E-state index in [-0.39, 0.29) is 11.6 Å². The molecule has 19 heavy (non-hydrogen) atoms. The van der Waals surface area contributed by atoms with Crippen molar-refractivity contribution in [2.24, 2.45) is 5.16 Å². The van der Waals surface area contributed by atoms with Crippen LogP contribution in [0.1, 0.15) is 19.4 Å². The highest BCUT2D eigenvalue weighted by Crippen LogP contribution is 2.01. The van der Waals surface area contributed by atoms with Gasteiger partial charge in [-0.1, -0.05) is 49.3 Å². The topological polar surface area (TPSA) is 64.9 Å². The quantitative estimate of drug-likeness (QED) is 0.443. The summed E-state index contributed by atoms with van der Waals surface area (Å²) in [5.41, 5.74) is 0.644. The molecule has 5 nitrogen and oxygen atoms in total. The van der Waals surface area contributed by atoms with Gasteiger partial charge in [0.05, 0.1) is 0 Å². The molecule has 1 amide bonds. The molecule has 0 heterocycles. The van der Waals surface area contributed by atoms with E-state index in [2.05, 4.69) is 29.2 Å². The summed E-state index contributed by atoms with van der Waals surface area (Å²) < 4.78 is 0. The molecule has 0 fully saturated rings. The molecule has 0 aliphatic heterocycles. The lowest BCUT2D eigenvalue weighted by Crippen LogP contribution is -2.38. The van der Waals surface area contributed by atoms with Crippen molar-refractivity contribution in [3.8, 4) is 0 Å². The molecule has 1 rings (SSSR count). The summed E-state index contributed by atoms with van der Waals surface area (Å²) in [7, 11) is 0. The molecular formula is C14H21N3O2. The lowest BCUT2D eigenvalue weighted by Gasteiger charge is -2.18. The maximum atomic E-state index is 11.9. The van der Waals surface area contributed by atoms with Gasteiger partial charge in [0.1, 0.15) is 0 Å². The van der Waals surface area contributed by atoms with Crippen LogP contribution < -0.4 is 5.32 Å². The second-order valence-electron chi connectivity index (χ2n) is 4.10. The molecule has 0 aliphatic carbocycles. The van der Waals surface area contributed by atoms with Gasteiger partial charge in [-0.25, -0.2) is 0 Å². The van der Waals surface area contributed by atoms with Gasteiger partial charge in [-0.15, -0.1) is 0 Å². The number of rotatable bonds is 7. The molecule has 0 saturated heterocycles. The van der Waals surface area contributed by atoms with Crippen LogP contribution in [0.5, 0.6) is 0 Å². The third kappa shape index (κ3) is 4.71. The first-order valence-electron chi connectivity index (χ1n) is 6.50. The average molecular weight is 263 g/mol. The van der Waals surface area contributed by atoms with E-state index in [1.54, 1.807) is 24.3 Å². The van der Waals surface area contributed by atoms with Crippen LogP contribution in [0.15, 0.2) is 35.5 Å². The Morgan fingerprint density at radius 3 is 2.42 bits per heavy atom. The van der Waals surface area contributed by atoms with Crippen LogP contribution in [-0.2, 0) is 4.79 Å². The number of nitrogens with zero attached hydrogens (tertiary/aromatic N) is 2. The van der Waals surface area contributed by atoms with E-state index in [1.165, 1.54) is 0 Å². The van der Waals surface area contributed by atoms with Crippen LogP contribution in [0.3, 0.4) is 0 Å². The second kappa shape index (κ2) is 8.26. The largest absolute Gasteiger partial charge is 0.410 e. The fourth-order valence-electron chi connectivity index (χ4n) is 1.78. The minimum Gasteiger partial charge on any atom is -0.410 e. The zero-order chi connectivity index (χ0) is 14.1. The standard InChI is InChI=1S/C14H21N3O2/c1-3-17(4-2)11-10-15-14(18)13(16-19)12-8-6-5-7-9-12/h5-9,19H,3-4,10-11H2,1-2H3,(H,15,18)/b16-13+. The first-order valence-corrected chi connectivity index (χ1v) is 6.50. The van der Waals surface area contributed by atoms with Gasteiger partial charge in [-0.3, -0.25) is 4.79 Å². The molecule has 1 aromatic rings. The van der Waals surface area contributed by atoms with E-state index in [4.69, 9.17) is 5.21 Å². The monoisotopic (exact) mass is 263 g/mol. The van der Waals surface area contributed by atoms with Crippen molar-refractivity contribution in [2.75, 3.05) is 26.2 Å². The van der Waals surface area contributed by atoms with Gasteiger partial charge < -0.3 is 15.4 Å². The van der Waals surface area contributed by atoms with Crippen LogP contribution in [0.2, 0.25) is 0 Å². The normalized spacial score (nSPS) is 11.6. The van der Waals surface area contributed by atoms with Gasteiger partial charge in [0.15, 0.2) is 5.71 Å². The van der Waals surface area contributed by atoms with E-state index in [1.807, 2.05) is 6.07 Å². The first kappa shape index (κ1) is 15.2. The Balaban J connectivity index is 2.53. The van der Waals surface area contributed by atoms with Crippen molar-refractivity contribution in [3.05, 3.63) is 35.9 Å². The molecule has 5 heteroatoms. The maximum absolute atomic E-state index is 11.9. The molecule has 0 radical (unpaired) electrons. The zero-order valence-corrected chi connectivity index (χ0v) is 11.5. The molecule has 0 saturated carbocycles. The fourth-order valence-corrected chi connectivity index (χ4v) is 1.78. The number of hydrogen-bond acceptors (Lipinski definition) is 4. The summed E-state index contributed by atoms with van der Waals surface area (Å²) in [5, 5.41) is 14.8. The summed E-state index contributed by atoms with van der Waals surface area (Å²) in [6.07, 6.45) is 0. The predicted molar refractivity (Wildman–Crippen MR) is 75.6 cm³/mol. The van der Waals surface area contributed by atoms with Crippen molar-refractivity contribution < 1.29 is 10.0 Å². The molecule has 0 aliphatic rings. The Morgan fingerprint density at radius 2 is 1.89 bits per heavy atom. The number of likely N-dealkylation sites (N-methyl/N-ethyl adjacent to an activating group) is 1. The maximum Gasteiger partial charge on any atom is 0.273 e. The number of hydrogen-bond donors (Lipinski definition) is 2. The molecule has 0 atom stereocenters. The number of benzene rings is 1. The number of oxime groups is 1. The van der Waals surface area contributed by atoms with Gasteiger partial charge in [0.2, 0.25) is 0 Å². The molecule has 0 spiro atoms. The molecule has 0 bridgehead atoms. The van der Waals surface area contributed by atoms with Crippen LogP contribution in [0.25, 0.3) is 0 Å². The summed E-state index contributed by atoms with van der Waals surface area (Å²) in [6, 6.07) is 8.90. The van der Waals surface area contributed by atoms with Crippen molar-refractivity contribution in [2.45, 2.75) is 13.8 Å². The highest BCUT2D eigenvalue weighted by atomic mass is 16.4. The first-order chi connectivity index (χ1) is 9.22. The van der Waals surface area contributed by atoms with Crippen molar-refractivity contribution >= 4 is 11.6 Å². The number of nitrogens with one attached hydrogen (secondary N) is 1. The Bertz CT molecular complexity index is 414. The average Bonchev–Trinajstić information content (AvgIpc) is 2.45. The smallest absolute Gasteiger partial charge is 0.273 e. The van der Waals surface area contributed by atoms with Gasteiger partial charge >= 0.3 is 0 Å². The van der Waals surface area contributed by atoms with Gasteiger partial charge in [0, 0.05) is 18.7 Å². The Labute approximate surface area is 113 Å². The molecule has 0 aromatic heterocycles. The lowest BCUT2D eigenvalue weighted by atomic mass is 10.1. The molecule has 2 N–H and O–H groups in total. The van der Waals surface area contributed by atoms with Crippen LogP contribution >= 0.6 is 0 Å². The van der Waals surface area contributed by atoms with Crippen LogP contribution in [0, 0.1) is 0 Å². The molecule has 104 valence electrons. The van der Waals surface area contributed by atoms with Crippen molar-refractivity contribution in [1.82, 2.24) is 10.2 Å². The van der Waals surface area contributed by atoms with Crippen LogP contribution in [0.4, 0.5) is 0 Å². The molecular weight excluding hydrogens is 242 g/mol. The third-order valence-corrected chi connectivity index (χ3v) is 2.97. The Kier molecular flexibility index (Phi) is 6.60. The van der Waals surface area contributed by atoms with Gasteiger partial charge in [0.25, 0.3) is 5.91 Å². The van der Waals surface area contributed by atoms with Crippen molar-refractivity contribution in [3.63, 3.8) is 0 Å². The minimum atomic E-state index is -0.360. The van der Waals surface area contributed by atoms with Gasteiger partial charge in [-0.2, -0.15) is 0 Å². The second-order valence-corrected chi connectivity index (χ2v) is 4.10. The van der Waals surface area contributed by atoms with Crippen molar-refractivity contribution in [1.29, 1.82) is 0 Å². The highest BCUT2D eigenvalue weighted by Gasteiger charge is 2.14. The summed E-state index contributed by atoms with van der Waals surface area (Å²) >= 11 is 0. The van der Waals surface area contributed by atoms with E-state index in [0.29, 0.717) is 12.1 Å². The summed E-state index contributed by atoms with van der Waals surface area (Å²) in [4.78, 5) is 14.1. The summed E-state index contributed by atoms with van der Waals surface area (Å²) in [6.45, 7) is 7.38. The SMILES string of the molecule is CCN(CC)CCNC(=O)/C(=N/O)c1ccccc1. The van der Waals surface area contributed by atoms with E-state index in [0.717, 1.165) is 19.6 Å². The molecule has 0 unspecified atom stereocenters. The summed E-state index contributed by atoms with van der Waals surface area (Å²) in [5.74, 6) is -0.360. The van der Waals surface area contributed by atoms with E-state index >= 15 is 0 Å². The molecule has 1 aromatic carbocycles. The van der Waals surface area contributed by atoms with Crippen LogP contribution in [-0.4, -0.2) is 47.9 Å². The third-order valence-electron chi connectivity index (χ3n) is 2.97. The fraction of sp³-hybridized carbons (Fsp3) is 0.429. The van der Waals surface area contributed by atoms with E-state index in [9.17, 15) is 4.79 Å².